The molecule has 0 bridgehead atoms. The van der Waals surface area contributed by atoms with Crippen LogP contribution in [0.1, 0.15) is 30.9 Å². The topological polar surface area (TPSA) is 66.9 Å². The summed E-state index contributed by atoms with van der Waals surface area (Å²) in [5.74, 6) is 0.873. The number of ether oxygens (including phenoxy) is 1. The van der Waals surface area contributed by atoms with Gasteiger partial charge in [-0.15, -0.1) is 0 Å². The van der Waals surface area contributed by atoms with E-state index in [0.29, 0.717) is 29.7 Å². The highest BCUT2D eigenvalue weighted by Gasteiger charge is 2.30. The molecular weight excluding hydrogens is 388 g/mol. The fourth-order valence-electron chi connectivity index (χ4n) is 3.29. The molecule has 0 aliphatic carbocycles. The average molecular weight is 417 g/mol. The fraction of sp³-hybridized carbons (Fsp3) is 0.409. The molecule has 1 heterocycles. The third kappa shape index (κ3) is 5.16. The van der Waals surface area contributed by atoms with E-state index in [2.05, 4.69) is 13.8 Å². The number of hydrogen-bond acceptors (Lipinski definition) is 4. The number of hydrogen-bond donors (Lipinski definition) is 0. The monoisotopic (exact) mass is 416 g/mol. The Morgan fingerprint density at radius 2 is 1.69 bits per heavy atom. The Hall–Kier alpha value is -2.38. The van der Waals surface area contributed by atoms with Crippen LogP contribution in [-0.4, -0.2) is 56.3 Å². The lowest BCUT2D eigenvalue weighted by molar-refractivity contribution is -0.134. The largest absolute Gasteiger partial charge is 0.484 e. The van der Waals surface area contributed by atoms with E-state index in [-0.39, 0.29) is 25.6 Å². The Labute approximate surface area is 173 Å². The number of aryl methyl sites for hydroxylation is 1. The second-order valence-electron chi connectivity index (χ2n) is 7.61. The van der Waals surface area contributed by atoms with Gasteiger partial charge >= 0.3 is 0 Å². The van der Waals surface area contributed by atoms with Crippen LogP contribution in [0.15, 0.2) is 53.4 Å². The van der Waals surface area contributed by atoms with Crippen molar-refractivity contribution in [3.8, 4) is 5.75 Å². The molecule has 7 heteroatoms. The molecule has 156 valence electrons. The molecule has 0 radical (unpaired) electrons. The molecule has 1 saturated heterocycles. The minimum atomic E-state index is -3.55. The van der Waals surface area contributed by atoms with Crippen LogP contribution in [0.3, 0.4) is 0 Å². The third-order valence-electron chi connectivity index (χ3n) is 5.13. The van der Waals surface area contributed by atoms with Crippen molar-refractivity contribution in [1.29, 1.82) is 0 Å². The molecule has 2 aromatic carbocycles. The number of rotatable bonds is 6. The molecule has 0 aromatic heterocycles. The predicted molar refractivity (Wildman–Crippen MR) is 113 cm³/mol. The number of carbonyl (C=O) groups excluding carboxylic acids is 1. The molecule has 1 amide bonds. The van der Waals surface area contributed by atoms with Crippen molar-refractivity contribution >= 4 is 15.9 Å². The number of amides is 1. The Bertz CT molecular complexity index is 947. The molecule has 6 nitrogen and oxygen atoms in total. The lowest BCUT2D eigenvalue weighted by atomic mass is 10.0. The van der Waals surface area contributed by atoms with Gasteiger partial charge < -0.3 is 9.64 Å². The molecule has 0 atom stereocenters. The predicted octanol–water partition coefficient (Wildman–Crippen LogP) is 3.03. The van der Waals surface area contributed by atoms with Gasteiger partial charge in [-0.05, 0) is 48.2 Å². The van der Waals surface area contributed by atoms with Crippen molar-refractivity contribution < 1.29 is 17.9 Å². The van der Waals surface area contributed by atoms with E-state index in [1.165, 1.54) is 4.31 Å². The van der Waals surface area contributed by atoms with Crippen molar-refractivity contribution in [3.05, 3.63) is 59.7 Å². The molecule has 1 aliphatic heterocycles. The van der Waals surface area contributed by atoms with Crippen LogP contribution in [0.2, 0.25) is 0 Å². The standard InChI is InChI=1S/C22H28N2O4S/c1-17(2)19-7-9-21(10-8-19)29(26,27)24-13-11-23(12-14-24)22(25)16-28-20-6-4-5-18(3)15-20/h4-10,15,17H,11-14,16H2,1-3H3. The van der Waals surface area contributed by atoms with E-state index in [9.17, 15) is 13.2 Å². The second-order valence-corrected chi connectivity index (χ2v) is 9.55. The maximum atomic E-state index is 12.9. The van der Waals surface area contributed by atoms with Crippen LogP contribution >= 0.6 is 0 Å². The SMILES string of the molecule is Cc1cccc(OCC(=O)N2CCN(S(=O)(=O)c3ccc(C(C)C)cc3)CC2)c1. The molecule has 0 saturated carbocycles. The smallest absolute Gasteiger partial charge is 0.260 e. The molecule has 29 heavy (non-hydrogen) atoms. The van der Waals surface area contributed by atoms with Gasteiger partial charge in [0.15, 0.2) is 6.61 Å². The zero-order valence-electron chi connectivity index (χ0n) is 17.2. The highest BCUT2D eigenvalue weighted by Crippen LogP contribution is 2.21. The molecule has 1 fully saturated rings. The number of carbonyl (C=O) groups is 1. The Morgan fingerprint density at radius 3 is 2.28 bits per heavy atom. The summed E-state index contributed by atoms with van der Waals surface area (Å²) in [5, 5.41) is 0. The normalized spacial score (nSPS) is 15.5. The molecule has 0 unspecified atom stereocenters. The summed E-state index contributed by atoms with van der Waals surface area (Å²) in [6, 6.07) is 14.6. The van der Waals surface area contributed by atoms with E-state index in [1.807, 2.05) is 43.3 Å². The zero-order chi connectivity index (χ0) is 21.0. The minimum absolute atomic E-state index is 0.0487. The molecule has 1 aliphatic rings. The van der Waals surface area contributed by atoms with Gasteiger partial charge in [0.1, 0.15) is 5.75 Å². The van der Waals surface area contributed by atoms with Crippen LogP contribution in [-0.2, 0) is 14.8 Å². The van der Waals surface area contributed by atoms with Crippen LogP contribution in [0.25, 0.3) is 0 Å². The molecule has 2 aromatic rings. The molecule has 0 N–H and O–H groups in total. The van der Waals surface area contributed by atoms with E-state index < -0.39 is 10.0 Å². The van der Waals surface area contributed by atoms with Crippen LogP contribution in [0.4, 0.5) is 0 Å². The summed E-state index contributed by atoms with van der Waals surface area (Å²) in [6.45, 7) is 7.34. The van der Waals surface area contributed by atoms with Crippen molar-refractivity contribution in [2.24, 2.45) is 0 Å². The van der Waals surface area contributed by atoms with Gasteiger partial charge in [0, 0.05) is 26.2 Å². The van der Waals surface area contributed by atoms with Gasteiger partial charge in [-0.1, -0.05) is 38.1 Å². The summed E-state index contributed by atoms with van der Waals surface area (Å²) >= 11 is 0. The maximum absolute atomic E-state index is 12.9. The van der Waals surface area contributed by atoms with E-state index >= 15 is 0 Å². The summed E-state index contributed by atoms with van der Waals surface area (Å²) in [5.41, 5.74) is 2.17. The number of nitrogens with zero attached hydrogens (tertiary/aromatic N) is 2. The first-order chi connectivity index (χ1) is 13.8. The van der Waals surface area contributed by atoms with Crippen LogP contribution < -0.4 is 4.74 Å². The number of piperazine rings is 1. The highest BCUT2D eigenvalue weighted by atomic mass is 32.2. The van der Waals surface area contributed by atoms with Crippen LogP contribution in [0, 0.1) is 6.92 Å². The fourth-order valence-corrected chi connectivity index (χ4v) is 4.72. The average Bonchev–Trinajstić information content (AvgIpc) is 2.72. The van der Waals surface area contributed by atoms with Crippen LogP contribution in [0.5, 0.6) is 5.75 Å². The van der Waals surface area contributed by atoms with E-state index in [1.54, 1.807) is 17.0 Å². The highest BCUT2D eigenvalue weighted by molar-refractivity contribution is 7.89. The van der Waals surface area contributed by atoms with Gasteiger partial charge in [-0.2, -0.15) is 4.31 Å². The van der Waals surface area contributed by atoms with Gasteiger partial charge in [0.05, 0.1) is 4.90 Å². The molecule has 0 spiro atoms. The van der Waals surface area contributed by atoms with Gasteiger partial charge in [0.2, 0.25) is 10.0 Å². The summed E-state index contributed by atoms with van der Waals surface area (Å²) in [4.78, 5) is 14.4. The summed E-state index contributed by atoms with van der Waals surface area (Å²) < 4.78 is 32.8. The quantitative estimate of drug-likeness (QED) is 0.726. The number of benzene rings is 2. The Kier molecular flexibility index (Phi) is 6.59. The third-order valence-corrected chi connectivity index (χ3v) is 7.04. The van der Waals surface area contributed by atoms with E-state index in [0.717, 1.165) is 11.1 Å². The zero-order valence-corrected chi connectivity index (χ0v) is 18.0. The minimum Gasteiger partial charge on any atom is -0.484 e. The first kappa shape index (κ1) is 21.3. The Morgan fingerprint density at radius 1 is 1.03 bits per heavy atom. The maximum Gasteiger partial charge on any atom is 0.260 e. The first-order valence-electron chi connectivity index (χ1n) is 9.85. The Balaban J connectivity index is 1.55. The van der Waals surface area contributed by atoms with Crippen molar-refractivity contribution in [1.82, 2.24) is 9.21 Å². The van der Waals surface area contributed by atoms with Gasteiger partial charge in [-0.3, -0.25) is 4.79 Å². The molecule has 3 rings (SSSR count). The number of sulfonamides is 1. The first-order valence-corrected chi connectivity index (χ1v) is 11.3. The lowest BCUT2D eigenvalue weighted by Crippen LogP contribution is -2.51. The van der Waals surface area contributed by atoms with Gasteiger partial charge in [0.25, 0.3) is 5.91 Å². The summed E-state index contributed by atoms with van der Waals surface area (Å²) in [7, 11) is -3.55. The summed E-state index contributed by atoms with van der Waals surface area (Å²) in [6.07, 6.45) is 0. The van der Waals surface area contributed by atoms with E-state index in [4.69, 9.17) is 4.74 Å². The lowest BCUT2D eigenvalue weighted by Gasteiger charge is -2.34. The van der Waals surface area contributed by atoms with Crippen molar-refractivity contribution in [3.63, 3.8) is 0 Å². The van der Waals surface area contributed by atoms with Crippen molar-refractivity contribution in [2.75, 3.05) is 32.8 Å². The van der Waals surface area contributed by atoms with Crippen molar-refractivity contribution in [2.45, 2.75) is 31.6 Å². The second kappa shape index (κ2) is 8.97. The van der Waals surface area contributed by atoms with Gasteiger partial charge in [-0.25, -0.2) is 8.42 Å². The molecular formula is C22H28N2O4S.